The van der Waals surface area contributed by atoms with E-state index in [1.807, 2.05) is 6.92 Å². The summed E-state index contributed by atoms with van der Waals surface area (Å²) in [6, 6.07) is 1.67. The van der Waals surface area contributed by atoms with Gasteiger partial charge in [-0.1, -0.05) is 23.2 Å². The molecule has 0 saturated carbocycles. The Morgan fingerprint density at radius 1 is 1.41 bits per heavy atom. The molecular formula is C11H14Cl2N2O2. The minimum Gasteiger partial charge on any atom is -0.353 e. The van der Waals surface area contributed by atoms with Crippen molar-refractivity contribution in [2.45, 2.75) is 38.6 Å². The van der Waals surface area contributed by atoms with Crippen LogP contribution in [0.3, 0.4) is 0 Å². The Balaban J connectivity index is 2.02. The van der Waals surface area contributed by atoms with E-state index < -0.39 is 0 Å². The van der Waals surface area contributed by atoms with E-state index in [0.29, 0.717) is 10.3 Å². The van der Waals surface area contributed by atoms with Gasteiger partial charge in [0.05, 0.1) is 6.10 Å². The molecule has 1 aromatic heterocycles. The summed E-state index contributed by atoms with van der Waals surface area (Å²) in [5, 5.41) is 8.05. The molecule has 0 radical (unpaired) electrons. The first-order chi connectivity index (χ1) is 8.16. The van der Waals surface area contributed by atoms with E-state index >= 15 is 0 Å². The average molecular weight is 277 g/mol. The Morgan fingerprint density at radius 2 is 2.24 bits per heavy atom. The summed E-state index contributed by atoms with van der Waals surface area (Å²) in [4.78, 5) is 0. The second-order valence-corrected chi connectivity index (χ2v) is 4.73. The quantitative estimate of drug-likeness (QED) is 0.849. The lowest BCUT2D eigenvalue weighted by Gasteiger charge is -2.26. The largest absolute Gasteiger partial charge is 0.353 e. The van der Waals surface area contributed by atoms with E-state index in [1.165, 1.54) is 0 Å². The van der Waals surface area contributed by atoms with Crippen LogP contribution in [0.1, 0.15) is 37.9 Å². The first kappa shape index (κ1) is 13.0. The highest BCUT2D eigenvalue weighted by molar-refractivity contribution is 6.31. The molecule has 0 amide bonds. The summed E-state index contributed by atoms with van der Waals surface area (Å²) >= 11 is 11.7. The maximum absolute atomic E-state index is 5.96. The lowest BCUT2D eigenvalue weighted by Crippen LogP contribution is -2.23. The van der Waals surface area contributed by atoms with Crippen LogP contribution in [0.15, 0.2) is 6.07 Å². The molecule has 2 unspecified atom stereocenters. The van der Waals surface area contributed by atoms with Crippen molar-refractivity contribution in [1.82, 2.24) is 10.2 Å². The summed E-state index contributed by atoms with van der Waals surface area (Å²) in [5.74, 6) is 0. The molecule has 1 aliphatic heterocycles. The van der Waals surface area contributed by atoms with Gasteiger partial charge >= 0.3 is 0 Å². The first-order valence-electron chi connectivity index (χ1n) is 5.62. The Hall–Kier alpha value is -0.420. The highest BCUT2D eigenvalue weighted by Crippen LogP contribution is 2.28. The molecule has 1 saturated heterocycles. The van der Waals surface area contributed by atoms with Crippen molar-refractivity contribution in [2.24, 2.45) is 0 Å². The zero-order chi connectivity index (χ0) is 12.3. The molecule has 0 spiro atoms. The maximum atomic E-state index is 5.96. The van der Waals surface area contributed by atoms with Crippen LogP contribution in [0.4, 0.5) is 0 Å². The van der Waals surface area contributed by atoms with E-state index in [-0.39, 0.29) is 12.4 Å². The fourth-order valence-electron chi connectivity index (χ4n) is 1.77. The van der Waals surface area contributed by atoms with Gasteiger partial charge in [0.15, 0.2) is 16.6 Å². The smallest absolute Gasteiger partial charge is 0.158 e. The van der Waals surface area contributed by atoms with Crippen LogP contribution >= 0.6 is 23.2 Å². The van der Waals surface area contributed by atoms with Crippen molar-refractivity contribution >= 4 is 23.2 Å². The monoisotopic (exact) mass is 276 g/mol. The molecule has 2 rings (SSSR count). The number of halogens is 2. The molecule has 1 aromatic rings. The van der Waals surface area contributed by atoms with Crippen LogP contribution in [0, 0.1) is 0 Å². The molecule has 94 valence electrons. The van der Waals surface area contributed by atoms with Gasteiger partial charge < -0.3 is 9.47 Å². The molecule has 0 N–H and O–H groups in total. The van der Waals surface area contributed by atoms with E-state index in [0.717, 1.165) is 31.4 Å². The van der Waals surface area contributed by atoms with Gasteiger partial charge in [-0.3, -0.25) is 0 Å². The van der Waals surface area contributed by atoms with Gasteiger partial charge in [-0.05, 0) is 32.3 Å². The van der Waals surface area contributed by atoms with Gasteiger partial charge in [0.25, 0.3) is 0 Å². The van der Waals surface area contributed by atoms with Crippen LogP contribution in [0.2, 0.25) is 10.3 Å². The van der Waals surface area contributed by atoms with Gasteiger partial charge in [0.1, 0.15) is 0 Å². The van der Waals surface area contributed by atoms with Gasteiger partial charge in [-0.2, -0.15) is 0 Å². The normalized spacial score (nSPS) is 22.4. The van der Waals surface area contributed by atoms with Crippen LogP contribution in [-0.4, -0.2) is 23.1 Å². The topological polar surface area (TPSA) is 44.2 Å². The van der Waals surface area contributed by atoms with Crippen LogP contribution in [0.25, 0.3) is 0 Å². The van der Waals surface area contributed by atoms with Crippen LogP contribution in [0.5, 0.6) is 0 Å². The highest BCUT2D eigenvalue weighted by Gasteiger charge is 2.20. The fraction of sp³-hybridized carbons (Fsp3) is 0.636. The summed E-state index contributed by atoms with van der Waals surface area (Å²) < 4.78 is 11.3. The summed E-state index contributed by atoms with van der Waals surface area (Å²) in [6.45, 7) is 2.65. The lowest BCUT2D eigenvalue weighted by atomic mass is 10.2. The SMILES string of the molecule is CC(OC1CCCCO1)c1cc(Cl)nnc1Cl. The predicted octanol–water partition coefficient (Wildman–Crippen LogP) is 3.39. The molecular weight excluding hydrogens is 263 g/mol. The van der Waals surface area contributed by atoms with E-state index in [2.05, 4.69) is 10.2 Å². The lowest BCUT2D eigenvalue weighted by molar-refractivity contribution is -0.186. The number of ether oxygens (including phenoxy) is 2. The Morgan fingerprint density at radius 3 is 2.94 bits per heavy atom. The predicted molar refractivity (Wildman–Crippen MR) is 65.1 cm³/mol. The summed E-state index contributed by atoms with van der Waals surface area (Å²) in [7, 11) is 0. The van der Waals surface area contributed by atoms with Crippen molar-refractivity contribution in [1.29, 1.82) is 0 Å². The van der Waals surface area contributed by atoms with Crippen molar-refractivity contribution in [3.8, 4) is 0 Å². The van der Waals surface area contributed by atoms with Crippen molar-refractivity contribution in [3.63, 3.8) is 0 Å². The van der Waals surface area contributed by atoms with Gasteiger partial charge in [0.2, 0.25) is 0 Å². The number of aromatic nitrogens is 2. The first-order valence-corrected chi connectivity index (χ1v) is 6.38. The zero-order valence-corrected chi connectivity index (χ0v) is 11.0. The molecule has 17 heavy (non-hydrogen) atoms. The standard InChI is InChI=1S/C11H14Cl2N2O2/c1-7(17-10-4-2-3-5-16-10)8-6-9(12)14-15-11(8)13/h6-7,10H,2-5H2,1H3. The highest BCUT2D eigenvalue weighted by atomic mass is 35.5. The van der Waals surface area contributed by atoms with E-state index in [9.17, 15) is 0 Å². The molecule has 2 heterocycles. The third kappa shape index (κ3) is 3.52. The van der Waals surface area contributed by atoms with E-state index in [4.69, 9.17) is 32.7 Å². The number of nitrogens with zero attached hydrogens (tertiary/aromatic N) is 2. The molecule has 1 fully saturated rings. The molecule has 0 aliphatic carbocycles. The van der Waals surface area contributed by atoms with Crippen molar-refractivity contribution < 1.29 is 9.47 Å². The number of rotatable bonds is 3. The van der Waals surface area contributed by atoms with Gasteiger partial charge in [-0.25, -0.2) is 0 Å². The average Bonchev–Trinajstić information content (AvgIpc) is 2.33. The second-order valence-electron chi connectivity index (χ2n) is 3.99. The summed E-state index contributed by atoms with van der Waals surface area (Å²) in [5.41, 5.74) is 0.737. The molecule has 2 atom stereocenters. The third-order valence-corrected chi connectivity index (χ3v) is 3.16. The van der Waals surface area contributed by atoms with Crippen molar-refractivity contribution in [3.05, 3.63) is 21.9 Å². The number of hydrogen-bond donors (Lipinski definition) is 0. The minimum atomic E-state index is -0.210. The molecule has 1 aliphatic rings. The minimum absolute atomic E-state index is 0.165. The van der Waals surface area contributed by atoms with Gasteiger partial charge in [-0.15, -0.1) is 10.2 Å². The van der Waals surface area contributed by atoms with Gasteiger partial charge in [0, 0.05) is 12.2 Å². The summed E-state index contributed by atoms with van der Waals surface area (Å²) in [6.07, 6.45) is 2.76. The number of hydrogen-bond acceptors (Lipinski definition) is 4. The fourth-order valence-corrected chi connectivity index (χ4v) is 2.17. The maximum Gasteiger partial charge on any atom is 0.158 e. The Kier molecular flexibility index (Phi) is 4.56. The van der Waals surface area contributed by atoms with Crippen LogP contribution in [-0.2, 0) is 9.47 Å². The second kappa shape index (κ2) is 5.96. The molecule has 4 nitrogen and oxygen atoms in total. The van der Waals surface area contributed by atoms with Crippen molar-refractivity contribution in [2.75, 3.05) is 6.61 Å². The molecule has 0 aromatic carbocycles. The third-order valence-electron chi connectivity index (χ3n) is 2.68. The zero-order valence-electron chi connectivity index (χ0n) is 9.53. The Bertz CT molecular complexity index is 384. The molecule has 0 bridgehead atoms. The molecule has 6 heteroatoms. The van der Waals surface area contributed by atoms with E-state index in [1.54, 1.807) is 6.07 Å². The Labute approximate surface area is 110 Å². The van der Waals surface area contributed by atoms with Crippen LogP contribution < -0.4 is 0 Å².